The van der Waals surface area contributed by atoms with Crippen LogP contribution in [0.15, 0.2) is 52.0 Å². The Morgan fingerprint density at radius 3 is 2.48 bits per heavy atom. The minimum Gasteiger partial charge on any atom is -0.744 e. The second-order valence-corrected chi connectivity index (χ2v) is 7.64. The molecule has 0 saturated heterocycles. The van der Waals surface area contributed by atoms with Crippen LogP contribution in [0.1, 0.15) is 16.7 Å². The number of nitrogens with one attached hydrogen (secondary N) is 1. The van der Waals surface area contributed by atoms with Crippen LogP contribution in [0.25, 0.3) is 6.08 Å². The average Bonchev–Trinajstić information content (AvgIpc) is 2.61. The molecule has 2 aromatic rings. The number of hydrogen-bond donors (Lipinski definition) is 1. The van der Waals surface area contributed by atoms with E-state index < -0.39 is 32.3 Å². The number of rotatable bonds is 4. The monoisotopic (exact) mass is 442 g/mol. The Kier molecular flexibility index (Phi) is 6.86. The van der Waals surface area contributed by atoms with E-state index in [4.69, 9.17) is 11.6 Å². The molecule has 144 valence electrons. The summed E-state index contributed by atoms with van der Waals surface area (Å²) in [7, 11) is -4.86. The van der Waals surface area contributed by atoms with Gasteiger partial charge in [0.15, 0.2) is 0 Å². The van der Waals surface area contributed by atoms with Gasteiger partial charge < -0.3 is 14.5 Å². The van der Waals surface area contributed by atoms with Gasteiger partial charge in [0.25, 0.3) is 0 Å². The van der Waals surface area contributed by atoms with Gasteiger partial charge >= 0.3 is 23.1 Å². The van der Waals surface area contributed by atoms with E-state index in [0.29, 0.717) is 16.7 Å². The van der Waals surface area contributed by atoms with E-state index in [-0.39, 0.29) is 39.5 Å². The van der Waals surface area contributed by atoms with Crippen LogP contribution in [0.4, 0.5) is 5.69 Å². The van der Waals surface area contributed by atoms with Crippen LogP contribution in [0.5, 0.6) is 0 Å². The van der Waals surface area contributed by atoms with E-state index in [1.807, 2.05) is 0 Å². The number of aliphatic carboxylic acids is 1. The van der Waals surface area contributed by atoms with Gasteiger partial charge in [-0.2, -0.15) is 5.10 Å². The fourth-order valence-corrected chi connectivity index (χ4v) is 3.50. The number of carboxylic acid groups (broad SMARTS) is 1. The summed E-state index contributed by atoms with van der Waals surface area (Å²) in [5.41, 5.74) is 2.34. The van der Waals surface area contributed by atoms with Gasteiger partial charge in [0.05, 0.1) is 16.6 Å². The third kappa shape index (κ3) is 4.68. The van der Waals surface area contributed by atoms with Crippen molar-refractivity contribution in [1.82, 2.24) is 0 Å². The maximum Gasteiger partial charge on any atom is 2.00 e. The summed E-state index contributed by atoms with van der Waals surface area (Å²) in [6.07, 6.45) is 1.17. The molecule has 2 aromatic carbocycles. The number of hydrazone groups is 1. The van der Waals surface area contributed by atoms with Gasteiger partial charge in [-0.15, -0.1) is 0 Å². The van der Waals surface area contributed by atoms with Crippen LogP contribution in [-0.2, 0) is 19.7 Å². The minimum atomic E-state index is -4.86. The van der Waals surface area contributed by atoms with Crippen LogP contribution < -0.4 is 10.5 Å². The number of hydrogen-bond acceptors (Lipinski definition) is 8. The molecule has 29 heavy (non-hydrogen) atoms. The molecule has 0 aromatic heterocycles. The molecule has 0 radical (unpaired) electrons. The van der Waals surface area contributed by atoms with Crippen molar-refractivity contribution < 1.29 is 27.7 Å². The molecule has 0 heterocycles. The number of nitrogens with zero attached hydrogens (tertiary/aromatic N) is 1. The first kappa shape index (κ1) is 23.0. The molecule has 0 saturated carbocycles. The first-order valence-corrected chi connectivity index (χ1v) is 9.55. The number of carboxylic acids is 1. The van der Waals surface area contributed by atoms with Crippen molar-refractivity contribution in [2.75, 3.05) is 5.43 Å². The molecule has 0 atom stereocenters. The number of carbonyl (C=O) groups excluding carboxylic acids is 2. The first-order valence-electron chi connectivity index (χ1n) is 7.76. The molecular formula is C18H11ClMgN2O6S. The number of carbonyl (C=O) groups is 2. The van der Waals surface area contributed by atoms with Crippen molar-refractivity contribution in [2.24, 2.45) is 5.10 Å². The molecule has 0 unspecified atom stereocenters. The molecule has 0 fully saturated rings. The molecule has 0 amide bonds. The van der Waals surface area contributed by atoms with Crippen LogP contribution in [0.3, 0.4) is 0 Å². The summed E-state index contributed by atoms with van der Waals surface area (Å²) in [5.74, 6) is -2.59. The number of fused-ring (bicyclic) bond motifs is 1. The SMILES string of the molecule is Cc1cc(S(=O)(=O)[O-])c(N/N=C2\C(=O)C(C(=O)[O-])=Cc3ccccc32)cc1Cl.[Mg+2]. The van der Waals surface area contributed by atoms with Crippen LogP contribution in [0.2, 0.25) is 5.02 Å². The summed E-state index contributed by atoms with van der Waals surface area (Å²) in [5, 5.41) is 15.3. The average molecular weight is 443 g/mol. The van der Waals surface area contributed by atoms with Gasteiger partial charge in [0.2, 0.25) is 5.78 Å². The van der Waals surface area contributed by atoms with Crippen molar-refractivity contribution >= 4 is 74.0 Å². The molecule has 0 aliphatic heterocycles. The van der Waals surface area contributed by atoms with Gasteiger partial charge in [-0.1, -0.05) is 35.9 Å². The van der Waals surface area contributed by atoms with Gasteiger partial charge in [-0.3, -0.25) is 10.2 Å². The van der Waals surface area contributed by atoms with E-state index in [0.717, 1.165) is 6.07 Å². The summed E-state index contributed by atoms with van der Waals surface area (Å²) >= 11 is 5.98. The van der Waals surface area contributed by atoms with Crippen LogP contribution in [-0.4, -0.2) is 53.5 Å². The second kappa shape index (κ2) is 8.63. The minimum absolute atomic E-state index is 0. The Hall–Kier alpha value is -2.24. The van der Waals surface area contributed by atoms with Gasteiger partial charge in [-0.25, -0.2) is 8.42 Å². The number of aryl methyl sites for hydroxylation is 1. The number of halogens is 1. The van der Waals surface area contributed by atoms with E-state index in [1.165, 1.54) is 19.1 Å². The largest absolute Gasteiger partial charge is 2.00 e. The molecule has 1 aliphatic rings. The molecule has 8 nitrogen and oxygen atoms in total. The summed E-state index contributed by atoms with van der Waals surface area (Å²) in [6.45, 7) is 1.52. The fraction of sp³-hybridized carbons (Fsp3) is 0.0556. The van der Waals surface area contributed by atoms with E-state index in [1.54, 1.807) is 24.3 Å². The fourth-order valence-electron chi connectivity index (χ4n) is 2.64. The predicted molar refractivity (Wildman–Crippen MR) is 104 cm³/mol. The standard InChI is InChI=1S/C18H13ClN2O6S.Mg/c1-9-6-15(28(25,26)27)14(8-13(9)19)20-21-16-11-5-3-2-4-10(11)7-12(17(16)22)18(23)24;/h2-8,20H,1H3,(H,23,24)(H,25,26,27);/q;+2/p-2/b21-16-;. The smallest absolute Gasteiger partial charge is 0.744 e. The van der Waals surface area contributed by atoms with Crippen molar-refractivity contribution in [2.45, 2.75) is 11.8 Å². The predicted octanol–water partition coefficient (Wildman–Crippen LogP) is 0.704. The van der Waals surface area contributed by atoms with E-state index in [2.05, 4.69) is 10.5 Å². The zero-order valence-electron chi connectivity index (χ0n) is 14.9. The Morgan fingerprint density at radius 1 is 1.21 bits per heavy atom. The maximum atomic E-state index is 12.5. The quantitative estimate of drug-likeness (QED) is 0.318. The van der Waals surface area contributed by atoms with Crippen LogP contribution in [0, 0.1) is 6.92 Å². The van der Waals surface area contributed by atoms with Crippen molar-refractivity contribution in [3.63, 3.8) is 0 Å². The Morgan fingerprint density at radius 2 is 1.86 bits per heavy atom. The van der Waals surface area contributed by atoms with Gasteiger partial charge in [0.1, 0.15) is 15.8 Å². The van der Waals surface area contributed by atoms with Crippen molar-refractivity contribution in [3.05, 3.63) is 63.7 Å². The molecule has 1 aliphatic carbocycles. The van der Waals surface area contributed by atoms with E-state index in [9.17, 15) is 27.7 Å². The Balaban J connectivity index is 0.00000300. The Labute approximate surface area is 187 Å². The number of anilines is 1. The number of Topliss-reactive ketones (excluding diaryl/α,β-unsaturated/α-hetero) is 1. The van der Waals surface area contributed by atoms with Crippen molar-refractivity contribution in [3.8, 4) is 0 Å². The molecular weight excluding hydrogens is 432 g/mol. The summed E-state index contributed by atoms with van der Waals surface area (Å²) in [6, 6.07) is 8.65. The van der Waals surface area contributed by atoms with Gasteiger partial charge in [0, 0.05) is 16.2 Å². The molecule has 1 N–H and O–H groups in total. The molecule has 11 heteroatoms. The summed E-state index contributed by atoms with van der Waals surface area (Å²) < 4.78 is 34.6. The number of ketones is 1. The summed E-state index contributed by atoms with van der Waals surface area (Å²) in [4.78, 5) is 23.1. The maximum absolute atomic E-state index is 12.5. The Bertz CT molecular complexity index is 1190. The molecule has 3 rings (SSSR count). The van der Waals surface area contributed by atoms with E-state index >= 15 is 0 Å². The number of benzene rings is 2. The second-order valence-electron chi connectivity index (χ2n) is 5.89. The van der Waals surface area contributed by atoms with Gasteiger partial charge in [-0.05, 0) is 36.3 Å². The third-order valence-electron chi connectivity index (χ3n) is 4.01. The zero-order chi connectivity index (χ0) is 20.6. The first-order chi connectivity index (χ1) is 13.1. The third-order valence-corrected chi connectivity index (χ3v) is 5.30. The molecule has 0 bridgehead atoms. The van der Waals surface area contributed by atoms with Crippen LogP contribution >= 0.6 is 11.6 Å². The molecule has 0 spiro atoms. The van der Waals surface area contributed by atoms with Crippen molar-refractivity contribution in [1.29, 1.82) is 0 Å². The zero-order valence-corrected chi connectivity index (χ0v) is 17.9. The normalized spacial score (nSPS) is 14.7. The topological polar surface area (TPSA) is 139 Å².